The summed E-state index contributed by atoms with van der Waals surface area (Å²) in [5.41, 5.74) is 2.25. The van der Waals surface area contributed by atoms with Crippen molar-refractivity contribution in [3.8, 4) is 6.07 Å². The molecule has 0 amide bonds. The number of hydrogen-bond donors (Lipinski definition) is 0. The van der Waals surface area contributed by atoms with Gasteiger partial charge in [0.25, 0.3) is 0 Å². The van der Waals surface area contributed by atoms with E-state index in [1.807, 2.05) is 6.92 Å². The molecule has 0 aliphatic heterocycles. The summed E-state index contributed by atoms with van der Waals surface area (Å²) in [6.45, 7) is 3.89. The molecule has 1 aromatic heterocycles. The predicted octanol–water partition coefficient (Wildman–Crippen LogP) is 2.32. The van der Waals surface area contributed by atoms with Crippen LogP contribution in [0.2, 0.25) is 0 Å². The Hall–Kier alpha value is -1.89. The highest BCUT2D eigenvalue weighted by atomic mass is 16.5. The van der Waals surface area contributed by atoms with Crippen LogP contribution in [0.3, 0.4) is 0 Å². The number of rotatable bonds is 3. The third kappa shape index (κ3) is 2.28. The fourth-order valence-electron chi connectivity index (χ4n) is 1.84. The van der Waals surface area contributed by atoms with E-state index < -0.39 is 5.97 Å². The molecule has 1 heterocycles. The van der Waals surface area contributed by atoms with Crippen LogP contribution in [0.5, 0.6) is 0 Å². The van der Waals surface area contributed by atoms with Crippen molar-refractivity contribution in [2.24, 2.45) is 0 Å². The van der Waals surface area contributed by atoms with Crippen LogP contribution in [0.25, 0.3) is 0 Å². The van der Waals surface area contributed by atoms with Crippen LogP contribution in [-0.4, -0.2) is 17.6 Å². The van der Waals surface area contributed by atoms with Gasteiger partial charge in [-0.15, -0.1) is 0 Å². The van der Waals surface area contributed by atoms with Gasteiger partial charge in [0.2, 0.25) is 0 Å². The van der Waals surface area contributed by atoms with Crippen LogP contribution in [0, 0.1) is 18.3 Å². The summed E-state index contributed by atoms with van der Waals surface area (Å²) in [6.07, 6.45) is 2.10. The molecule has 1 fully saturated rings. The number of aryl methyl sites for hydroxylation is 1. The molecule has 0 bridgehead atoms. The first-order valence-corrected chi connectivity index (χ1v) is 5.76. The number of hydrogen-bond acceptors (Lipinski definition) is 4. The number of nitriles is 1. The van der Waals surface area contributed by atoms with Gasteiger partial charge in [0.15, 0.2) is 0 Å². The SMILES string of the molecule is CCOC(=O)c1cc(C)nc(C2CC2)c1C#N. The van der Waals surface area contributed by atoms with Crippen LogP contribution < -0.4 is 0 Å². The molecule has 2 rings (SSSR count). The van der Waals surface area contributed by atoms with E-state index in [2.05, 4.69) is 11.1 Å². The minimum atomic E-state index is -0.434. The van der Waals surface area contributed by atoms with Crippen LogP contribution in [0.15, 0.2) is 6.07 Å². The van der Waals surface area contributed by atoms with Gasteiger partial charge in [0.05, 0.1) is 23.4 Å². The molecule has 0 atom stereocenters. The smallest absolute Gasteiger partial charge is 0.339 e. The van der Waals surface area contributed by atoms with E-state index in [1.54, 1.807) is 13.0 Å². The molecule has 1 aromatic rings. The number of aromatic nitrogens is 1. The van der Waals surface area contributed by atoms with E-state index in [4.69, 9.17) is 4.74 Å². The Morgan fingerprint density at radius 2 is 2.35 bits per heavy atom. The Morgan fingerprint density at radius 3 is 2.88 bits per heavy atom. The summed E-state index contributed by atoms with van der Waals surface area (Å²) in [5.74, 6) is -0.0887. The topological polar surface area (TPSA) is 63.0 Å². The molecule has 0 saturated heterocycles. The molecular weight excluding hydrogens is 216 g/mol. The second kappa shape index (κ2) is 4.54. The number of esters is 1. The maximum absolute atomic E-state index is 11.8. The molecule has 0 unspecified atom stereocenters. The zero-order valence-corrected chi connectivity index (χ0v) is 9.99. The lowest BCUT2D eigenvalue weighted by Gasteiger charge is -2.09. The van der Waals surface area contributed by atoms with Gasteiger partial charge in [-0.2, -0.15) is 5.26 Å². The van der Waals surface area contributed by atoms with Gasteiger partial charge < -0.3 is 4.74 Å². The van der Waals surface area contributed by atoms with Crippen molar-refractivity contribution in [1.82, 2.24) is 4.98 Å². The predicted molar refractivity (Wildman–Crippen MR) is 61.6 cm³/mol. The summed E-state index contributed by atoms with van der Waals surface area (Å²) >= 11 is 0. The third-order valence-corrected chi connectivity index (χ3v) is 2.75. The van der Waals surface area contributed by atoms with E-state index in [9.17, 15) is 10.1 Å². The Labute approximate surface area is 100 Å². The standard InChI is InChI=1S/C13H14N2O2/c1-3-17-13(16)10-6-8(2)15-12(9-4-5-9)11(10)7-14/h6,9H,3-5H2,1-2H3. The third-order valence-electron chi connectivity index (χ3n) is 2.75. The monoisotopic (exact) mass is 230 g/mol. The van der Waals surface area contributed by atoms with Gasteiger partial charge in [0.1, 0.15) is 6.07 Å². The second-order valence-corrected chi connectivity index (χ2v) is 4.18. The Kier molecular flexibility index (Phi) is 3.10. The largest absolute Gasteiger partial charge is 0.462 e. The van der Waals surface area contributed by atoms with Crippen molar-refractivity contribution in [2.75, 3.05) is 6.61 Å². The van der Waals surface area contributed by atoms with Crippen molar-refractivity contribution in [3.63, 3.8) is 0 Å². The van der Waals surface area contributed by atoms with Crippen molar-refractivity contribution in [2.45, 2.75) is 32.6 Å². The van der Waals surface area contributed by atoms with E-state index in [1.165, 1.54) is 0 Å². The molecule has 0 aromatic carbocycles. The first-order valence-electron chi connectivity index (χ1n) is 5.76. The van der Waals surface area contributed by atoms with Crippen LogP contribution in [-0.2, 0) is 4.74 Å². The van der Waals surface area contributed by atoms with Crippen molar-refractivity contribution >= 4 is 5.97 Å². The molecule has 0 radical (unpaired) electrons. The zero-order chi connectivity index (χ0) is 12.4. The van der Waals surface area contributed by atoms with Crippen LogP contribution in [0.1, 0.15) is 53.0 Å². The van der Waals surface area contributed by atoms with E-state index in [0.29, 0.717) is 23.7 Å². The highest BCUT2D eigenvalue weighted by Crippen LogP contribution is 2.41. The van der Waals surface area contributed by atoms with Crippen LogP contribution in [0.4, 0.5) is 0 Å². The fraction of sp³-hybridized carbons (Fsp3) is 0.462. The first-order chi connectivity index (χ1) is 8.17. The molecule has 17 heavy (non-hydrogen) atoms. The average molecular weight is 230 g/mol. The minimum absolute atomic E-state index is 0.309. The average Bonchev–Trinajstić information content (AvgIpc) is 3.12. The van der Waals surface area contributed by atoms with Gasteiger partial charge in [-0.05, 0) is 32.8 Å². The number of pyridine rings is 1. The molecule has 4 nitrogen and oxygen atoms in total. The maximum atomic E-state index is 11.8. The molecule has 0 N–H and O–H groups in total. The summed E-state index contributed by atoms with van der Waals surface area (Å²) < 4.78 is 4.96. The first kappa shape index (κ1) is 11.6. The second-order valence-electron chi connectivity index (χ2n) is 4.18. The number of ether oxygens (including phenoxy) is 1. The van der Waals surface area contributed by atoms with Crippen molar-refractivity contribution in [3.05, 3.63) is 28.6 Å². The van der Waals surface area contributed by atoms with Gasteiger partial charge in [0, 0.05) is 11.6 Å². The fourth-order valence-corrected chi connectivity index (χ4v) is 1.84. The lowest BCUT2D eigenvalue weighted by molar-refractivity contribution is 0.0525. The maximum Gasteiger partial charge on any atom is 0.339 e. The van der Waals surface area contributed by atoms with E-state index in [-0.39, 0.29) is 0 Å². The highest BCUT2D eigenvalue weighted by molar-refractivity contribution is 5.92. The zero-order valence-electron chi connectivity index (χ0n) is 9.99. The molecule has 1 saturated carbocycles. The number of carbonyl (C=O) groups is 1. The Bertz CT molecular complexity index is 499. The summed E-state index contributed by atoms with van der Waals surface area (Å²) in [4.78, 5) is 16.1. The Balaban J connectivity index is 2.50. The lowest BCUT2D eigenvalue weighted by atomic mass is 10.0. The molecule has 1 aliphatic rings. The minimum Gasteiger partial charge on any atom is -0.462 e. The number of nitrogens with zero attached hydrogens (tertiary/aromatic N) is 2. The van der Waals surface area contributed by atoms with Crippen molar-refractivity contribution in [1.29, 1.82) is 5.26 Å². The molecule has 0 spiro atoms. The number of carbonyl (C=O) groups excluding carboxylic acids is 1. The van der Waals surface area contributed by atoms with E-state index >= 15 is 0 Å². The molecule has 1 aliphatic carbocycles. The van der Waals surface area contributed by atoms with Crippen LogP contribution >= 0.6 is 0 Å². The summed E-state index contributed by atoms with van der Waals surface area (Å²) in [7, 11) is 0. The highest BCUT2D eigenvalue weighted by Gasteiger charge is 2.30. The van der Waals surface area contributed by atoms with Gasteiger partial charge in [-0.3, -0.25) is 4.98 Å². The lowest BCUT2D eigenvalue weighted by Crippen LogP contribution is -2.10. The summed E-state index contributed by atoms with van der Waals surface area (Å²) in [6, 6.07) is 3.72. The van der Waals surface area contributed by atoms with Gasteiger partial charge >= 0.3 is 5.97 Å². The quantitative estimate of drug-likeness (QED) is 0.747. The van der Waals surface area contributed by atoms with Gasteiger partial charge in [-0.1, -0.05) is 0 Å². The molecule has 4 heteroatoms. The Morgan fingerprint density at radius 1 is 1.65 bits per heavy atom. The van der Waals surface area contributed by atoms with E-state index in [0.717, 1.165) is 24.2 Å². The van der Waals surface area contributed by atoms with Crippen molar-refractivity contribution < 1.29 is 9.53 Å². The normalized spacial score (nSPS) is 14.2. The molecule has 88 valence electrons. The summed E-state index contributed by atoms with van der Waals surface area (Å²) in [5, 5.41) is 9.19. The molecular formula is C13H14N2O2. The van der Waals surface area contributed by atoms with Gasteiger partial charge in [-0.25, -0.2) is 4.79 Å².